The normalized spacial score (nSPS) is 11.7. The first kappa shape index (κ1) is 10.3. The van der Waals surface area contributed by atoms with Crippen molar-refractivity contribution in [1.82, 2.24) is 0 Å². The van der Waals surface area contributed by atoms with Crippen LogP contribution in [0.15, 0.2) is 41.8 Å². The van der Waals surface area contributed by atoms with Crippen molar-refractivity contribution in [3.05, 3.63) is 47.3 Å². The molecule has 0 saturated heterocycles. The van der Waals surface area contributed by atoms with E-state index in [9.17, 15) is 8.78 Å². The van der Waals surface area contributed by atoms with Gasteiger partial charge in [-0.2, -0.15) is 8.78 Å². The number of hydrogen-bond donors (Lipinski definition) is 1. The standard InChI is InChI=1S/C11H8F2OS/c12-11(13,14)9-5-3-8(4-6-9)10-2-1-7-15-10/h1-7,14H. The molecule has 0 aliphatic heterocycles. The smallest absolute Gasteiger partial charge is 0.332 e. The van der Waals surface area contributed by atoms with Gasteiger partial charge in [0, 0.05) is 4.88 Å². The highest BCUT2D eigenvalue weighted by Crippen LogP contribution is 2.29. The summed E-state index contributed by atoms with van der Waals surface area (Å²) in [5, 5.41) is 10.4. The molecule has 0 fully saturated rings. The van der Waals surface area contributed by atoms with Crippen LogP contribution in [0.1, 0.15) is 5.56 Å². The van der Waals surface area contributed by atoms with E-state index >= 15 is 0 Å². The number of thiophene rings is 1. The molecule has 2 rings (SSSR count). The van der Waals surface area contributed by atoms with Gasteiger partial charge in [-0.05, 0) is 29.1 Å². The van der Waals surface area contributed by atoms with E-state index in [4.69, 9.17) is 5.11 Å². The highest BCUT2D eigenvalue weighted by atomic mass is 32.1. The van der Waals surface area contributed by atoms with Crippen LogP contribution < -0.4 is 0 Å². The molecule has 0 bridgehead atoms. The Balaban J connectivity index is 2.33. The molecule has 78 valence electrons. The lowest BCUT2D eigenvalue weighted by molar-refractivity contribution is -0.208. The molecule has 0 unspecified atom stereocenters. The zero-order chi connectivity index (χ0) is 10.9. The zero-order valence-electron chi connectivity index (χ0n) is 7.65. The number of benzene rings is 1. The first-order valence-corrected chi connectivity index (χ1v) is 5.20. The summed E-state index contributed by atoms with van der Waals surface area (Å²) in [7, 11) is 0. The van der Waals surface area contributed by atoms with E-state index in [1.165, 1.54) is 23.5 Å². The van der Waals surface area contributed by atoms with Gasteiger partial charge in [0.1, 0.15) is 0 Å². The van der Waals surface area contributed by atoms with Crippen LogP contribution in [0, 0.1) is 0 Å². The number of rotatable bonds is 2. The summed E-state index contributed by atoms with van der Waals surface area (Å²) in [6.07, 6.45) is -3.76. The lowest BCUT2D eigenvalue weighted by Gasteiger charge is -2.08. The summed E-state index contributed by atoms with van der Waals surface area (Å²) in [6.45, 7) is 0. The van der Waals surface area contributed by atoms with Gasteiger partial charge in [-0.25, -0.2) is 0 Å². The van der Waals surface area contributed by atoms with E-state index < -0.39 is 6.11 Å². The van der Waals surface area contributed by atoms with Gasteiger partial charge >= 0.3 is 6.11 Å². The summed E-state index contributed by atoms with van der Waals surface area (Å²) in [5.41, 5.74) is 0.487. The molecular formula is C11H8F2OS. The van der Waals surface area contributed by atoms with Crippen LogP contribution in [0.5, 0.6) is 0 Å². The van der Waals surface area contributed by atoms with Crippen LogP contribution in [0.3, 0.4) is 0 Å². The van der Waals surface area contributed by atoms with E-state index in [1.807, 2.05) is 17.5 Å². The van der Waals surface area contributed by atoms with Crippen molar-refractivity contribution in [2.75, 3.05) is 0 Å². The lowest BCUT2D eigenvalue weighted by Crippen LogP contribution is -2.10. The highest BCUT2D eigenvalue weighted by Gasteiger charge is 2.26. The SMILES string of the molecule is OC(F)(F)c1ccc(-c2cccs2)cc1. The van der Waals surface area contributed by atoms with Crippen molar-refractivity contribution in [1.29, 1.82) is 0 Å². The predicted molar refractivity (Wildman–Crippen MR) is 55.9 cm³/mol. The first-order valence-electron chi connectivity index (χ1n) is 4.32. The molecule has 1 aromatic carbocycles. The second kappa shape index (κ2) is 3.72. The maximum Gasteiger partial charge on any atom is 0.380 e. The maximum atomic E-state index is 12.5. The Bertz CT molecular complexity index is 429. The van der Waals surface area contributed by atoms with Crippen LogP contribution in [0.25, 0.3) is 10.4 Å². The van der Waals surface area contributed by atoms with Crippen molar-refractivity contribution in [2.24, 2.45) is 0 Å². The minimum atomic E-state index is -3.76. The third kappa shape index (κ3) is 2.22. The first-order chi connectivity index (χ1) is 7.07. The van der Waals surface area contributed by atoms with E-state index in [0.717, 1.165) is 10.4 Å². The second-order valence-corrected chi connectivity index (χ2v) is 4.04. The fourth-order valence-electron chi connectivity index (χ4n) is 1.28. The van der Waals surface area contributed by atoms with Gasteiger partial charge in [0.25, 0.3) is 0 Å². The van der Waals surface area contributed by atoms with Gasteiger partial charge in [-0.3, -0.25) is 0 Å². The Labute approximate surface area is 89.6 Å². The van der Waals surface area contributed by atoms with Crippen LogP contribution in [0.4, 0.5) is 8.78 Å². The average molecular weight is 226 g/mol. The minimum Gasteiger partial charge on any atom is -0.332 e. The van der Waals surface area contributed by atoms with Crippen molar-refractivity contribution in [2.45, 2.75) is 6.11 Å². The molecule has 1 N–H and O–H groups in total. The topological polar surface area (TPSA) is 20.2 Å². The van der Waals surface area contributed by atoms with E-state index in [0.29, 0.717) is 0 Å². The largest absolute Gasteiger partial charge is 0.380 e. The summed E-state index contributed by atoms with van der Waals surface area (Å²) in [6, 6.07) is 9.42. The Morgan fingerprint density at radius 2 is 1.73 bits per heavy atom. The molecule has 0 aliphatic rings. The molecule has 4 heteroatoms. The van der Waals surface area contributed by atoms with Crippen LogP contribution in [0.2, 0.25) is 0 Å². The van der Waals surface area contributed by atoms with Gasteiger partial charge in [0.15, 0.2) is 0 Å². The van der Waals surface area contributed by atoms with Crippen molar-refractivity contribution < 1.29 is 13.9 Å². The quantitative estimate of drug-likeness (QED) is 0.831. The summed E-state index contributed by atoms with van der Waals surface area (Å²) in [4.78, 5) is 1.02. The molecule has 1 nitrogen and oxygen atoms in total. The van der Waals surface area contributed by atoms with E-state index in [1.54, 1.807) is 12.1 Å². The van der Waals surface area contributed by atoms with Crippen molar-refractivity contribution >= 4 is 11.3 Å². The molecule has 2 aromatic rings. The molecule has 0 radical (unpaired) electrons. The summed E-state index contributed by atoms with van der Waals surface area (Å²) in [5.74, 6) is 0. The van der Waals surface area contributed by atoms with Crippen LogP contribution in [-0.2, 0) is 6.11 Å². The Morgan fingerprint density at radius 3 is 2.20 bits per heavy atom. The molecule has 0 aliphatic carbocycles. The molecule has 1 heterocycles. The Morgan fingerprint density at radius 1 is 1.07 bits per heavy atom. The summed E-state index contributed by atoms with van der Waals surface area (Å²) >= 11 is 1.54. The van der Waals surface area contributed by atoms with E-state index in [2.05, 4.69) is 0 Å². The Kier molecular flexibility index (Phi) is 2.54. The molecule has 15 heavy (non-hydrogen) atoms. The van der Waals surface area contributed by atoms with Gasteiger partial charge in [0.2, 0.25) is 0 Å². The molecular weight excluding hydrogens is 218 g/mol. The van der Waals surface area contributed by atoms with Gasteiger partial charge < -0.3 is 5.11 Å². The van der Waals surface area contributed by atoms with E-state index in [-0.39, 0.29) is 5.56 Å². The zero-order valence-corrected chi connectivity index (χ0v) is 8.47. The maximum absolute atomic E-state index is 12.5. The van der Waals surface area contributed by atoms with Gasteiger partial charge in [-0.1, -0.05) is 18.2 Å². The summed E-state index contributed by atoms with van der Waals surface area (Å²) < 4.78 is 25.0. The average Bonchev–Trinajstić information content (AvgIpc) is 2.69. The number of aliphatic hydroxyl groups is 1. The molecule has 0 saturated carbocycles. The van der Waals surface area contributed by atoms with Gasteiger partial charge in [0.05, 0.1) is 5.56 Å². The predicted octanol–water partition coefficient (Wildman–Crippen LogP) is 3.46. The Hall–Kier alpha value is -1.26. The number of alkyl halides is 2. The minimum absolute atomic E-state index is 0.386. The molecule has 1 aromatic heterocycles. The number of hydrogen-bond acceptors (Lipinski definition) is 2. The van der Waals surface area contributed by atoms with Crippen LogP contribution >= 0.6 is 11.3 Å². The van der Waals surface area contributed by atoms with Crippen LogP contribution in [-0.4, -0.2) is 5.11 Å². The third-order valence-electron chi connectivity index (χ3n) is 2.04. The second-order valence-electron chi connectivity index (χ2n) is 3.10. The van der Waals surface area contributed by atoms with Gasteiger partial charge in [-0.15, -0.1) is 11.3 Å². The van der Waals surface area contributed by atoms with Crippen molar-refractivity contribution in [3.8, 4) is 10.4 Å². The fourth-order valence-corrected chi connectivity index (χ4v) is 2.01. The highest BCUT2D eigenvalue weighted by molar-refractivity contribution is 7.13. The fraction of sp³-hybridized carbons (Fsp3) is 0.0909. The lowest BCUT2D eigenvalue weighted by atomic mass is 10.1. The molecule has 0 atom stereocenters. The molecule has 0 spiro atoms. The number of halogens is 2. The van der Waals surface area contributed by atoms with Crippen molar-refractivity contribution in [3.63, 3.8) is 0 Å². The third-order valence-corrected chi connectivity index (χ3v) is 2.96. The molecule has 0 amide bonds. The monoisotopic (exact) mass is 226 g/mol.